The molecule has 2 aromatic carbocycles. The van der Waals surface area contributed by atoms with Gasteiger partial charge in [-0.25, -0.2) is 4.79 Å². The summed E-state index contributed by atoms with van der Waals surface area (Å²) in [6, 6.07) is 11.5. The predicted molar refractivity (Wildman–Crippen MR) is 120 cm³/mol. The van der Waals surface area contributed by atoms with E-state index in [1.807, 2.05) is 0 Å². The number of benzene rings is 2. The topological polar surface area (TPSA) is 96.2 Å². The monoisotopic (exact) mass is 476 g/mol. The molecule has 0 atom stereocenters. The number of rotatable bonds is 8. The summed E-state index contributed by atoms with van der Waals surface area (Å²) in [4.78, 5) is 41.0. The molecule has 0 aliphatic rings. The summed E-state index contributed by atoms with van der Waals surface area (Å²) in [5.41, 5.74) is 1.01. The SMILES string of the molecule is CCOC(=O)Cn1c(=NC(=O)COc2ccc(Cl)cc2)sc2cc(C(=O)OCC)ccc21. The number of carbonyl (C=O) groups is 3. The van der Waals surface area contributed by atoms with E-state index < -0.39 is 17.8 Å². The van der Waals surface area contributed by atoms with E-state index in [4.69, 9.17) is 25.8 Å². The van der Waals surface area contributed by atoms with Gasteiger partial charge in [-0.1, -0.05) is 22.9 Å². The van der Waals surface area contributed by atoms with Crippen LogP contribution in [-0.4, -0.2) is 42.2 Å². The third kappa shape index (κ3) is 5.95. The molecule has 0 bridgehead atoms. The second kappa shape index (κ2) is 10.9. The number of esters is 2. The van der Waals surface area contributed by atoms with E-state index in [2.05, 4.69) is 4.99 Å². The second-order valence-corrected chi connectivity index (χ2v) is 7.87. The molecule has 32 heavy (non-hydrogen) atoms. The van der Waals surface area contributed by atoms with Crippen LogP contribution in [0, 0.1) is 0 Å². The van der Waals surface area contributed by atoms with Crippen LogP contribution in [0.1, 0.15) is 24.2 Å². The predicted octanol–water partition coefficient (Wildman–Crippen LogP) is 3.60. The summed E-state index contributed by atoms with van der Waals surface area (Å²) in [7, 11) is 0. The third-order valence-corrected chi connectivity index (χ3v) is 5.48. The van der Waals surface area contributed by atoms with Crippen LogP contribution in [0.15, 0.2) is 47.5 Å². The smallest absolute Gasteiger partial charge is 0.338 e. The van der Waals surface area contributed by atoms with Gasteiger partial charge in [0, 0.05) is 5.02 Å². The Bertz CT molecular complexity index is 1200. The summed E-state index contributed by atoms with van der Waals surface area (Å²) in [6.45, 7) is 3.51. The first-order chi connectivity index (χ1) is 15.4. The number of aromatic nitrogens is 1. The minimum absolute atomic E-state index is 0.128. The maximum absolute atomic E-state index is 12.4. The quantitative estimate of drug-likeness (QED) is 0.461. The molecule has 0 aliphatic carbocycles. The molecule has 1 amide bonds. The largest absolute Gasteiger partial charge is 0.484 e. The Morgan fingerprint density at radius 1 is 1.03 bits per heavy atom. The number of hydrogen-bond donors (Lipinski definition) is 0. The maximum atomic E-state index is 12.4. The number of nitrogens with zero attached hydrogens (tertiary/aromatic N) is 2. The Morgan fingerprint density at radius 3 is 2.44 bits per heavy atom. The lowest BCUT2D eigenvalue weighted by Crippen LogP contribution is -2.24. The van der Waals surface area contributed by atoms with Crippen LogP contribution in [0.4, 0.5) is 0 Å². The molecular formula is C22H21ClN2O6S. The molecule has 1 heterocycles. The van der Waals surface area contributed by atoms with E-state index in [0.717, 1.165) is 0 Å². The van der Waals surface area contributed by atoms with Crippen molar-refractivity contribution in [3.05, 3.63) is 57.9 Å². The number of thiazole rings is 1. The Morgan fingerprint density at radius 2 is 1.75 bits per heavy atom. The first kappa shape index (κ1) is 23.5. The second-order valence-electron chi connectivity index (χ2n) is 6.43. The number of carbonyl (C=O) groups excluding carboxylic acids is 3. The van der Waals surface area contributed by atoms with Crippen LogP contribution in [0.25, 0.3) is 10.2 Å². The van der Waals surface area contributed by atoms with Crippen LogP contribution in [0.2, 0.25) is 5.02 Å². The fourth-order valence-electron chi connectivity index (χ4n) is 2.80. The molecule has 8 nitrogen and oxygen atoms in total. The number of hydrogen-bond acceptors (Lipinski definition) is 7. The Kier molecular flexibility index (Phi) is 8.02. The van der Waals surface area contributed by atoms with Crippen LogP contribution in [0.3, 0.4) is 0 Å². The van der Waals surface area contributed by atoms with E-state index in [0.29, 0.717) is 31.4 Å². The van der Waals surface area contributed by atoms with Gasteiger partial charge >= 0.3 is 11.9 Å². The molecule has 3 rings (SSSR count). The Hall–Kier alpha value is -3.17. The first-order valence-electron chi connectivity index (χ1n) is 9.83. The zero-order chi connectivity index (χ0) is 23.1. The van der Waals surface area contributed by atoms with Gasteiger partial charge in [-0.15, -0.1) is 0 Å². The molecule has 168 valence electrons. The highest BCUT2D eigenvalue weighted by Crippen LogP contribution is 2.20. The molecule has 0 fully saturated rings. The lowest BCUT2D eigenvalue weighted by molar-refractivity contribution is -0.143. The number of ether oxygens (including phenoxy) is 3. The minimum atomic E-state index is -0.533. The van der Waals surface area contributed by atoms with Crippen molar-refractivity contribution in [2.24, 2.45) is 4.99 Å². The molecule has 0 N–H and O–H groups in total. The molecular weight excluding hydrogens is 456 g/mol. The fourth-order valence-corrected chi connectivity index (χ4v) is 4.02. The maximum Gasteiger partial charge on any atom is 0.338 e. The van der Waals surface area contributed by atoms with Gasteiger partial charge in [0.05, 0.1) is 29.0 Å². The van der Waals surface area contributed by atoms with E-state index in [-0.39, 0.29) is 26.4 Å². The highest BCUT2D eigenvalue weighted by Gasteiger charge is 2.15. The average Bonchev–Trinajstić information content (AvgIpc) is 3.09. The van der Waals surface area contributed by atoms with Crippen molar-refractivity contribution < 1.29 is 28.6 Å². The number of fused-ring (bicyclic) bond motifs is 1. The summed E-state index contributed by atoms with van der Waals surface area (Å²) >= 11 is 7.01. The molecule has 0 unspecified atom stereocenters. The van der Waals surface area contributed by atoms with Crippen LogP contribution in [-0.2, 0) is 25.6 Å². The van der Waals surface area contributed by atoms with Crippen LogP contribution >= 0.6 is 22.9 Å². The van der Waals surface area contributed by atoms with Gasteiger partial charge in [0.25, 0.3) is 5.91 Å². The normalized spacial score (nSPS) is 11.4. The lowest BCUT2D eigenvalue weighted by Gasteiger charge is -2.06. The van der Waals surface area contributed by atoms with Gasteiger partial charge in [-0.3, -0.25) is 9.59 Å². The van der Waals surface area contributed by atoms with Crippen LogP contribution in [0.5, 0.6) is 5.75 Å². The average molecular weight is 477 g/mol. The Balaban J connectivity index is 1.92. The van der Waals surface area contributed by atoms with Crippen molar-refractivity contribution >= 4 is 51.0 Å². The van der Waals surface area contributed by atoms with Crippen molar-refractivity contribution in [2.45, 2.75) is 20.4 Å². The number of amides is 1. The fraction of sp³-hybridized carbons (Fsp3) is 0.273. The number of halogens is 1. The Labute approximate surface area is 193 Å². The van der Waals surface area contributed by atoms with Crippen molar-refractivity contribution in [3.63, 3.8) is 0 Å². The van der Waals surface area contributed by atoms with E-state index in [1.54, 1.807) is 60.9 Å². The molecule has 3 aromatic rings. The van der Waals surface area contributed by atoms with E-state index in [9.17, 15) is 14.4 Å². The summed E-state index contributed by atoms with van der Waals surface area (Å²) in [5.74, 6) is -0.971. The van der Waals surface area contributed by atoms with Crippen molar-refractivity contribution in [1.82, 2.24) is 4.57 Å². The standard InChI is InChI=1S/C22H21ClN2O6S/c1-3-29-20(27)12-25-17-10-5-14(21(28)30-4-2)11-18(17)32-22(25)24-19(26)13-31-16-8-6-15(23)7-9-16/h5-11H,3-4,12-13H2,1-2H3. The zero-order valence-electron chi connectivity index (χ0n) is 17.5. The lowest BCUT2D eigenvalue weighted by atomic mass is 10.2. The third-order valence-electron chi connectivity index (χ3n) is 4.18. The molecule has 10 heteroatoms. The molecule has 0 radical (unpaired) electrons. The molecule has 0 aliphatic heterocycles. The summed E-state index contributed by atoms with van der Waals surface area (Å²) < 4.78 is 17.8. The van der Waals surface area contributed by atoms with Gasteiger partial charge < -0.3 is 18.8 Å². The van der Waals surface area contributed by atoms with Gasteiger partial charge in [-0.2, -0.15) is 4.99 Å². The van der Waals surface area contributed by atoms with Gasteiger partial charge in [0.2, 0.25) is 0 Å². The highest BCUT2D eigenvalue weighted by atomic mass is 35.5. The molecule has 0 saturated carbocycles. The minimum Gasteiger partial charge on any atom is -0.484 e. The zero-order valence-corrected chi connectivity index (χ0v) is 19.1. The highest BCUT2D eigenvalue weighted by molar-refractivity contribution is 7.16. The molecule has 0 saturated heterocycles. The summed E-state index contributed by atoms with van der Waals surface area (Å²) in [5, 5.41) is 0.556. The molecule has 1 aromatic heterocycles. The van der Waals surface area contributed by atoms with Crippen LogP contribution < -0.4 is 9.54 Å². The van der Waals surface area contributed by atoms with Gasteiger partial charge in [0.15, 0.2) is 11.4 Å². The van der Waals surface area contributed by atoms with Gasteiger partial charge in [-0.05, 0) is 56.3 Å². The molecule has 0 spiro atoms. The van der Waals surface area contributed by atoms with E-state index in [1.165, 1.54) is 11.3 Å². The summed E-state index contributed by atoms with van der Waals surface area (Å²) in [6.07, 6.45) is 0. The van der Waals surface area contributed by atoms with Gasteiger partial charge in [0.1, 0.15) is 12.3 Å². The van der Waals surface area contributed by atoms with Crippen molar-refractivity contribution in [3.8, 4) is 5.75 Å². The van der Waals surface area contributed by atoms with Crippen molar-refractivity contribution in [2.75, 3.05) is 19.8 Å². The first-order valence-corrected chi connectivity index (χ1v) is 11.0. The van der Waals surface area contributed by atoms with Crippen molar-refractivity contribution in [1.29, 1.82) is 0 Å². The van der Waals surface area contributed by atoms with E-state index >= 15 is 0 Å².